The molecule has 0 aliphatic rings. The first-order valence-electron chi connectivity index (χ1n) is 5.36. The van der Waals surface area contributed by atoms with Crippen molar-refractivity contribution in [1.82, 2.24) is 0 Å². The zero-order chi connectivity index (χ0) is 13.0. The third-order valence-electron chi connectivity index (χ3n) is 2.28. The van der Waals surface area contributed by atoms with E-state index in [0.29, 0.717) is 10.8 Å². The summed E-state index contributed by atoms with van der Waals surface area (Å²) >= 11 is 5.89. The highest BCUT2D eigenvalue weighted by atomic mass is 35.5. The van der Waals surface area contributed by atoms with E-state index in [1.165, 1.54) is 4.68 Å². The van der Waals surface area contributed by atoms with E-state index in [-0.39, 0.29) is 0 Å². The van der Waals surface area contributed by atoms with Crippen molar-refractivity contribution in [3.8, 4) is 5.75 Å². The van der Waals surface area contributed by atoms with Crippen molar-refractivity contribution in [3.05, 3.63) is 59.4 Å². The Morgan fingerprint density at radius 2 is 2.00 bits per heavy atom. The lowest BCUT2D eigenvalue weighted by atomic mass is 10.2. The largest absolute Gasteiger partial charge is 0.466 e. The summed E-state index contributed by atoms with van der Waals surface area (Å²) < 4.78 is 6.63. The van der Waals surface area contributed by atoms with E-state index in [2.05, 4.69) is 5.43 Å². The summed E-state index contributed by atoms with van der Waals surface area (Å²) in [5.41, 5.74) is 3.40. The molecule has 0 aliphatic carbocycles. The number of rotatable bonds is 2. The molecule has 0 fully saturated rings. The number of halogens is 1. The number of pyridine rings is 1. The maximum absolute atomic E-state index is 11.6. The van der Waals surface area contributed by atoms with Gasteiger partial charge in [-0.25, -0.2) is 4.79 Å². The number of aryl methyl sites for hydroxylation is 1. The maximum Gasteiger partial charge on any atom is 0.466 e. The summed E-state index contributed by atoms with van der Waals surface area (Å²) in [5, 5.41) is 0.639. The van der Waals surface area contributed by atoms with Gasteiger partial charge in [0.1, 0.15) is 5.75 Å². The molecule has 0 bridgehead atoms. The molecule has 18 heavy (non-hydrogen) atoms. The van der Waals surface area contributed by atoms with Crippen molar-refractivity contribution in [2.75, 3.05) is 5.43 Å². The van der Waals surface area contributed by atoms with Gasteiger partial charge in [-0.05, 0) is 30.7 Å². The molecule has 0 saturated carbocycles. The first kappa shape index (κ1) is 12.4. The van der Waals surface area contributed by atoms with Crippen LogP contribution in [0, 0.1) is 6.92 Å². The SMILES string of the molecule is Cc1cc(OC(=O)N[n+]2ccccc2)ccc1Cl. The standard InChI is InChI=1S/C13H11ClN2O2/c1-10-9-11(5-6-12(10)14)18-13(17)15-16-7-3-2-4-8-16/h2-9H,1H3/p+1. The van der Waals surface area contributed by atoms with Crippen molar-refractivity contribution in [2.24, 2.45) is 0 Å². The minimum atomic E-state index is -0.562. The third-order valence-corrected chi connectivity index (χ3v) is 2.70. The highest BCUT2D eigenvalue weighted by molar-refractivity contribution is 6.31. The number of nitrogens with zero attached hydrogens (tertiary/aromatic N) is 1. The predicted octanol–water partition coefficient (Wildman–Crippen LogP) is 2.68. The van der Waals surface area contributed by atoms with E-state index in [1.807, 2.05) is 13.0 Å². The molecule has 0 unspecified atom stereocenters. The number of hydrogen-bond acceptors (Lipinski definition) is 2. The third kappa shape index (κ3) is 3.21. The summed E-state index contributed by atoms with van der Waals surface area (Å²) in [7, 11) is 0. The lowest BCUT2D eigenvalue weighted by Crippen LogP contribution is -2.48. The van der Waals surface area contributed by atoms with Crippen LogP contribution >= 0.6 is 11.6 Å². The molecular formula is C13H12ClN2O2+. The minimum Gasteiger partial charge on any atom is -0.407 e. The fourth-order valence-corrected chi connectivity index (χ4v) is 1.51. The van der Waals surface area contributed by atoms with Crippen LogP contribution < -0.4 is 14.8 Å². The van der Waals surface area contributed by atoms with Crippen LogP contribution in [0.5, 0.6) is 5.75 Å². The Morgan fingerprint density at radius 1 is 1.28 bits per heavy atom. The fourth-order valence-electron chi connectivity index (χ4n) is 1.39. The van der Waals surface area contributed by atoms with Gasteiger partial charge in [0.25, 0.3) is 0 Å². The van der Waals surface area contributed by atoms with Crippen LogP contribution in [0.2, 0.25) is 5.02 Å². The van der Waals surface area contributed by atoms with Crippen LogP contribution in [0.4, 0.5) is 4.79 Å². The van der Waals surface area contributed by atoms with Crippen molar-refractivity contribution in [2.45, 2.75) is 6.92 Å². The molecule has 1 amide bonds. The molecular weight excluding hydrogens is 252 g/mol. The molecule has 1 aromatic carbocycles. The van der Waals surface area contributed by atoms with Crippen molar-refractivity contribution in [3.63, 3.8) is 0 Å². The zero-order valence-electron chi connectivity index (χ0n) is 9.76. The van der Waals surface area contributed by atoms with Gasteiger partial charge in [-0.2, -0.15) is 0 Å². The Morgan fingerprint density at radius 3 is 2.67 bits per heavy atom. The number of ether oxygens (including phenoxy) is 1. The number of nitrogens with one attached hydrogen (secondary N) is 1. The highest BCUT2D eigenvalue weighted by Gasteiger charge is 2.09. The van der Waals surface area contributed by atoms with Crippen LogP contribution in [-0.4, -0.2) is 6.09 Å². The quantitative estimate of drug-likeness (QED) is 0.847. The number of amides is 1. The number of hydrogen-bond donors (Lipinski definition) is 1. The van der Waals surface area contributed by atoms with Gasteiger partial charge < -0.3 is 4.74 Å². The molecule has 0 radical (unpaired) electrons. The molecule has 0 atom stereocenters. The first-order valence-corrected chi connectivity index (χ1v) is 5.74. The summed E-state index contributed by atoms with van der Waals surface area (Å²) in [4.78, 5) is 11.6. The van der Waals surface area contributed by atoms with Gasteiger partial charge in [0.05, 0.1) is 0 Å². The van der Waals surface area contributed by atoms with E-state index in [9.17, 15) is 4.79 Å². The van der Waals surface area contributed by atoms with Crippen LogP contribution in [-0.2, 0) is 0 Å². The Hall–Kier alpha value is -2.07. The maximum atomic E-state index is 11.6. The van der Waals surface area contributed by atoms with Crippen LogP contribution in [0.1, 0.15) is 5.56 Å². The summed E-state index contributed by atoms with van der Waals surface area (Å²) in [6.45, 7) is 1.85. The fraction of sp³-hybridized carbons (Fsp3) is 0.0769. The second kappa shape index (κ2) is 5.51. The second-order valence-electron chi connectivity index (χ2n) is 3.70. The first-order chi connectivity index (χ1) is 8.65. The van der Waals surface area contributed by atoms with E-state index in [4.69, 9.17) is 16.3 Å². The second-order valence-corrected chi connectivity index (χ2v) is 4.10. The van der Waals surface area contributed by atoms with Crippen LogP contribution in [0.25, 0.3) is 0 Å². The highest BCUT2D eigenvalue weighted by Crippen LogP contribution is 2.20. The number of benzene rings is 1. The predicted molar refractivity (Wildman–Crippen MR) is 68.2 cm³/mol. The molecule has 0 aliphatic heterocycles. The van der Waals surface area contributed by atoms with E-state index >= 15 is 0 Å². The molecule has 1 heterocycles. The minimum absolute atomic E-state index is 0.450. The van der Waals surface area contributed by atoms with Crippen molar-refractivity contribution in [1.29, 1.82) is 0 Å². The molecule has 1 N–H and O–H groups in total. The summed E-state index contributed by atoms with van der Waals surface area (Å²) in [5.74, 6) is 0.450. The lowest BCUT2D eigenvalue weighted by Gasteiger charge is -2.04. The van der Waals surface area contributed by atoms with Gasteiger partial charge in [0, 0.05) is 17.2 Å². The Kier molecular flexibility index (Phi) is 3.79. The molecule has 0 spiro atoms. The van der Waals surface area contributed by atoms with E-state index in [0.717, 1.165) is 5.56 Å². The number of carbonyl (C=O) groups is 1. The van der Waals surface area contributed by atoms with Gasteiger partial charge in [0.2, 0.25) is 0 Å². The molecule has 1 aromatic heterocycles. The number of carbonyl (C=O) groups excluding carboxylic acids is 1. The Bertz CT molecular complexity index is 558. The smallest absolute Gasteiger partial charge is 0.407 e. The average Bonchev–Trinajstić information content (AvgIpc) is 2.35. The van der Waals surface area contributed by atoms with Gasteiger partial charge in [-0.1, -0.05) is 27.8 Å². The normalized spacial score (nSPS) is 9.89. The van der Waals surface area contributed by atoms with E-state index in [1.54, 1.807) is 42.7 Å². The van der Waals surface area contributed by atoms with Crippen molar-refractivity contribution >= 4 is 17.7 Å². The topological polar surface area (TPSA) is 42.2 Å². The Labute approximate surface area is 110 Å². The van der Waals surface area contributed by atoms with Gasteiger partial charge in [0.15, 0.2) is 12.4 Å². The average molecular weight is 264 g/mol. The molecule has 2 aromatic rings. The number of aromatic nitrogens is 1. The molecule has 92 valence electrons. The van der Waals surface area contributed by atoms with Crippen molar-refractivity contribution < 1.29 is 14.2 Å². The molecule has 2 rings (SSSR count). The van der Waals surface area contributed by atoms with Crippen LogP contribution in [0.3, 0.4) is 0 Å². The summed E-state index contributed by atoms with van der Waals surface area (Å²) in [6.07, 6.45) is 2.84. The summed E-state index contributed by atoms with van der Waals surface area (Å²) in [6, 6.07) is 10.5. The zero-order valence-corrected chi connectivity index (χ0v) is 10.5. The lowest BCUT2D eigenvalue weighted by molar-refractivity contribution is -0.642. The molecule has 4 nitrogen and oxygen atoms in total. The molecule has 0 saturated heterocycles. The van der Waals surface area contributed by atoms with Gasteiger partial charge in [-0.15, -0.1) is 0 Å². The van der Waals surface area contributed by atoms with E-state index < -0.39 is 6.09 Å². The Balaban J connectivity index is 2.01. The van der Waals surface area contributed by atoms with Gasteiger partial charge >= 0.3 is 6.09 Å². The van der Waals surface area contributed by atoms with Gasteiger partial charge in [-0.3, -0.25) is 0 Å². The van der Waals surface area contributed by atoms with Crippen LogP contribution in [0.15, 0.2) is 48.8 Å². The monoisotopic (exact) mass is 263 g/mol. The molecule has 5 heteroatoms.